The molecule has 28 heavy (non-hydrogen) atoms. The van der Waals surface area contributed by atoms with Crippen LogP contribution in [0.3, 0.4) is 0 Å². The fourth-order valence-corrected chi connectivity index (χ4v) is 3.55. The summed E-state index contributed by atoms with van der Waals surface area (Å²) in [6.07, 6.45) is 3.20. The van der Waals surface area contributed by atoms with E-state index in [0.29, 0.717) is 31.9 Å². The number of amides is 2. The Balaban J connectivity index is 1.36. The normalized spacial score (nSPS) is 17.1. The molecule has 3 heterocycles. The maximum atomic E-state index is 12.5. The van der Waals surface area contributed by atoms with Gasteiger partial charge in [-0.1, -0.05) is 12.1 Å². The van der Waals surface area contributed by atoms with Gasteiger partial charge in [0, 0.05) is 50.2 Å². The molecule has 7 nitrogen and oxygen atoms in total. The zero-order valence-corrected chi connectivity index (χ0v) is 15.8. The van der Waals surface area contributed by atoms with E-state index in [-0.39, 0.29) is 11.8 Å². The van der Waals surface area contributed by atoms with E-state index in [9.17, 15) is 9.59 Å². The maximum absolute atomic E-state index is 12.5. The largest absolute Gasteiger partial charge is 0.378 e. The van der Waals surface area contributed by atoms with Crippen molar-refractivity contribution in [2.75, 3.05) is 42.6 Å². The summed E-state index contributed by atoms with van der Waals surface area (Å²) in [6, 6.07) is 11.5. The number of carbonyl (C=O) groups is 2. The summed E-state index contributed by atoms with van der Waals surface area (Å²) in [6.45, 7) is 4.22. The minimum absolute atomic E-state index is 0.173. The highest BCUT2D eigenvalue weighted by atomic mass is 16.5. The molecule has 0 radical (unpaired) electrons. The number of rotatable bonds is 5. The summed E-state index contributed by atoms with van der Waals surface area (Å²) >= 11 is 0. The molecule has 2 aromatic rings. The van der Waals surface area contributed by atoms with Crippen molar-refractivity contribution in [2.45, 2.75) is 19.4 Å². The van der Waals surface area contributed by atoms with E-state index in [1.807, 2.05) is 41.3 Å². The topological polar surface area (TPSA) is 74.8 Å². The molecule has 1 N–H and O–H groups in total. The minimum Gasteiger partial charge on any atom is -0.378 e. The van der Waals surface area contributed by atoms with Gasteiger partial charge in [0.25, 0.3) is 5.91 Å². The molecule has 2 aliphatic rings. The van der Waals surface area contributed by atoms with Crippen LogP contribution in [0.15, 0.2) is 42.6 Å². The molecule has 0 saturated carbocycles. The quantitative estimate of drug-likeness (QED) is 0.859. The molecule has 2 amide bonds. The van der Waals surface area contributed by atoms with E-state index in [1.54, 1.807) is 6.20 Å². The van der Waals surface area contributed by atoms with Gasteiger partial charge in [-0.15, -0.1) is 0 Å². The third-order valence-electron chi connectivity index (χ3n) is 5.13. The van der Waals surface area contributed by atoms with Crippen molar-refractivity contribution < 1.29 is 14.3 Å². The lowest BCUT2D eigenvalue weighted by atomic mass is 10.2. The second kappa shape index (κ2) is 8.39. The number of morpholine rings is 1. The van der Waals surface area contributed by atoms with Crippen molar-refractivity contribution >= 4 is 23.2 Å². The standard InChI is InChI=1S/C21H24N4O3/c26-20-2-1-9-25(20)17-5-3-16(4-6-17)15-23-21(27)19-14-18(7-8-22-19)24-10-12-28-13-11-24/h3-8,14H,1-2,9-13,15H2,(H,23,27). The van der Waals surface area contributed by atoms with E-state index in [1.165, 1.54) is 0 Å². The Kier molecular flexibility index (Phi) is 5.53. The van der Waals surface area contributed by atoms with Crippen LogP contribution in [0.5, 0.6) is 0 Å². The molecule has 1 aromatic heterocycles. The van der Waals surface area contributed by atoms with Crippen molar-refractivity contribution in [1.29, 1.82) is 0 Å². The van der Waals surface area contributed by atoms with Crippen molar-refractivity contribution in [2.24, 2.45) is 0 Å². The lowest BCUT2D eigenvalue weighted by Gasteiger charge is -2.28. The third kappa shape index (κ3) is 4.14. The summed E-state index contributed by atoms with van der Waals surface area (Å²) in [5.41, 5.74) is 3.29. The number of pyridine rings is 1. The van der Waals surface area contributed by atoms with Gasteiger partial charge in [-0.05, 0) is 36.2 Å². The van der Waals surface area contributed by atoms with Crippen LogP contribution in [0, 0.1) is 0 Å². The smallest absolute Gasteiger partial charge is 0.270 e. The van der Waals surface area contributed by atoms with Gasteiger partial charge in [0.1, 0.15) is 5.69 Å². The molecule has 2 aliphatic heterocycles. The van der Waals surface area contributed by atoms with Gasteiger partial charge in [0.05, 0.1) is 13.2 Å². The number of nitrogens with one attached hydrogen (secondary N) is 1. The first-order valence-electron chi connectivity index (χ1n) is 9.67. The van der Waals surface area contributed by atoms with Gasteiger partial charge in [-0.25, -0.2) is 0 Å². The van der Waals surface area contributed by atoms with E-state index in [0.717, 1.165) is 43.0 Å². The predicted octanol–water partition coefficient (Wildman–Crippen LogP) is 1.97. The Morgan fingerprint density at radius 2 is 1.86 bits per heavy atom. The Morgan fingerprint density at radius 1 is 1.07 bits per heavy atom. The highest BCUT2D eigenvalue weighted by Gasteiger charge is 2.21. The Hall–Kier alpha value is -2.93. The number of hydrogen-bond acceptors (Lipinski definition) is 5. The summed E-state index contributed by atoms with van der Waals surface area (Å²) in [5.74, 6) is -0.0267. The van der Waals surface area contributed by atoms with Gasteiger partial charge >= 0.3 is 0 Å². The van der Waals surface area contributed by atoms with Gasteiger partial charge < -0.3 is 19.9 Å². The lowest BCUT2D eigenvalue weighted by Crippen LogP contribution is -2.36. The molecule has 146 valence electrons. The number of benzene rings is 1. The van der Waals surface area contributed by atoms with Crippen molar-refractivity contribution in [3.8, 4) is 0 Å². The summed E-state index contributed by atoms with van der Waals surface area (Å²) in [7, 11) is 0. The number of aromatic nitrogens is 1. The number of anilines is 2. The molecule has 0 aliphatic carbocycles. The number of carbonyl (C=O) groups excluding carboxylic acids is 2. The molecule has 0 atom stereocenters. The van der Waals surface area contributed by atoms with Crippen LogP contribution < -0.4 is 15.1 Å². The average Bonchev–Trinajstić information content (AvgIpc) is 3.19. The molecule has 1 aromatic carbocycles. The zero-order chi connectivity index (χ0) is 19.3. The van der Waals surface area contributed by atoms with Gasteiger partial charge in [-0.3, -0.25) is 14.6 Å². The van der Waals surface area contributed by atoms with Crippen molar-refractivity contribution in [3.63, 3.8) is 0 Å². The molecule has 2 fully saturated rings. The van der Waals surface area contributed by atoms with E-state index in [4.69, 9.17) is 4.74 Å². The van der Waals surface area contributed by atoms with E-state index >= 15 is 0 Å². The first kappa shape index (κ1) is 18.4. The molecule has 4 rings (SSSR count). The summed E-state index contributed by atoms with van der Waals surface area (Å²) < 4.78 is 5.37. The van der Waals surface area contributed by atoms with Gasteiger partial charge in [0.15, 0.2) is 0 Å². The SMILES string of the molecule is O=C(NCc1ccc(N2CCCC2=O)cc1)c1cc(N2CCOCC2)ccn1. The molecule has 0 bridgehead atoms. The highest BCUT2D eigenvalue weighted by Crippen LogP contribution is 2.21. The lowest BCUT2D eigenvalue weighted by molar-refractivity contribution is -0.117. The summed E-state index contributed by atoms with van der Waals surface area (Å²) in [5, 5.41) is 2.92. The Morgan fingerprint density at radius 3 is 2.57 bits per heavy atom. The van der Waals surface area contributed by atoms with Crippen LogP contribution in [0.4, 0.5) is 11.4 Å². The van der Waals surface area contributed by atoms with E-state index in [2.05, 4.69) is 15.2 Å². The number of ether oxygens (including phenoxy) is 1. The van der Waals surface area contributed by atoms with Crippen LogP contribution in [0.25, 0.3) is 0 Å². The minimum atomic E-state index is -0.200. The molecule has 0 unspecified atom stereocenters. The van der Waals surface area contributed by atoms with Gasteiger partial charge in [-0.2, -0.15) is 0 Å². The van der Waals surface area contributed by atoms with Crippen LogP contribution in [0.1, 0.15) is 28.9 Å². The fraction of sp³-hybridized carbons (Fsp3) is 0.381. The van der Waals surface area contributed by atoms with Crippen LogP contribution in [-0.4, -0.2) is 49.6 Å². The zero-order valence-electron chi connectivity index (χ0n) is 15.8. The molecular formula is C21H24N4O3. The molecule has 0 spiro atoms. The van der Waals surface area contributed by atoms with Crippen LogP contribution >= 0.6 is 0 Å². The molecular weight excluding hydrogens is 356 g/mol. The highest BCUT2D eigenvalue weighted by molar-refractivity contribution is 5.95. The monoisotopic (exact) mass is 380 g/mol. The van der Waals surface area contributed by atoms with E-state index < -0.39 is 0 Å². The average molecular weight is 380 g/mol. The maximum Gasteiger partial charge on any atom is 0.270 e. The van der Waals surface area contributed by atoms with Crippen LogP contribution in [0.2, 0.25) is 0 Å². The predicted molar refractivity (Wildman–Crippen MR) is 106 cm³/mol. The molecule has 2 saturated heterocycles. The third-order valence-corrected chi connectivity index (χ3v) is 5.13. The molecule has 7 heteroatoms. The van der Waals surface area contributed by atoms with Crippen molar-refractivity contribution in [3.05, 3.63) is 53.9 Å². The second-order valence-corrected chi connectivity index (χ2v) is 7.00. The Bertz CT molecular complexity index is 847. The van der Waals surface area contributed by atoms with Crippen LogP contribution in [-0.2, 0) is 16.1 Å². The number of hydrogen-bond donors (Lipinski definition) is 1. The number of nitrogens with zero attached hydrogens (tertiary/aromatic N) is 3. The van der Waals surface area contributed by atoms with Gasteiger partial charge in [0.2, 0.25) is 5.91 Å². The first-order chi connectivity index (χ1) is 13.7. The summed E-state index contributed by atoms with van der Waals surface area (Å²) in [4.78, 5) is 32.5. The fourth-order valence-electron chi connectivity index (χ4n) is 3.55. The van der Waals surface area contributed by atoms with Crippen molar-refractivity contribution in [1.82, 2.24) is 10.3 Å². The second-order valence-electron chi connectivity index (χ2n) is 7.00. The first-order valence-corrected chi connectivity index (χ1v) is 9.67. The Labute approximate surface area is 164 Å².